The predicted octanol–water partition coefficient (Wildman–Crippen LogP) is -0.135. The Bertz CT molecular complexity index is 153. The van der Waals surface area contributed by atoms with Crippen LogP contribution in [0.1, 0.15) is 13.3 Å². The lowest BCUT2D eigenvalue weighted by atomic mass is 9.89. The third-order valence-electron chi connectivity index (χ3n) is 1.40. The minimum absolute atomic E-state index is 0.00463. The molecule has 1 N–H and O–H groups in total. The van der Waals surface area contributed by atoms with Crippen LogP contribution in [0, 0.1) is 5.41 Å². The highest BCUT2D eigenvalue weighted by Gasteiger charge is 2.36. The Labute approximate surface area is 57.8 Å². The first-order chi connectivity index (χ1) is 4.63. The minimum Gasteiger partial charge on any atom is -0.480 e. The molecule has 0 fully saturated rings. The van der Waals surface area contributed by atoms with Crippen LogP contribution in [-0.4, -0.2) is 23.6 Å². The van der Waals surface area contributed by atoms with E-state index in [1.165, 1.54) is 6.92 Å². The smallest absolute Gasteiger partial charge is 0.324 e. The molecule has 0 unspecified atom stereocenters. The predicted molar refractivity (Wildman–Crippen MR) is 32.5 cm³/mol. The molecule has 0 aliphatic carbocycles. The number of carboxylic acids is 1. The summed E-state index contributed by atoms with van der Waals surface area (Å²) >= 11 is 0. The minimum atomic E-state index is -1.82. The van der Waals surface area contributed by atoms with Gasteiger partial charge in [0, 0.05) is 0 Å². The molecule has 0 aromatic carbocycles. The van der Waals surface area contributed by atoms with Gasteiger partial charge in [0.15, 0.2) is 5.41 Å². The molecule has 0 spiro atoms. The van der Waals surface area contributed by atoms with Gasteiger partial charge in [0.2, 0.25) is 0 Å². The van der Waals surface area contributed by atoms with Crippen molar-refractivity contribution in [2.24, 2.45) is 5.41 Å². The molecule has 0 aromatic rings. The van der Waals surface area contributed by atoms with Crippen molar-refractivity contribution >= 4 is 18.5 Å². The van der Waals surface area contributed by atoms with Gasteiger partial charge in [-0.05, 0) is 6.42 Å². The van der Waals surface area contributed by atoms with Gasteiger partial charge in [-0.2, -0.15) is 0 Å². The lowest BCUT2D eigenvalue weighted by molar-refractivity contribution is -0.153. The van der Waals surface area contributed by atoms with E-state index in [0.29, 0.717) is 0 Å². The van der Waals surface area contributed by atoms with Crippen LogP contribution in [0.15, 0.2) is 0 Å². The van der Waals surface area contributed by atoms with Crippen LogP contribution in [0.3, 0.4) is 0 Å². The van der Waals surface area contributed by atoms with E-state index in [0.717, 1.165) is 0 Å². The number of aliphatic carboxylic acids is 1. The molecule has 10 heavy (non-hydrogen) atoms. The van der Waals surface area contributed by atoms with Gasteiger partial charge in [0.05, 0.1) is 0 Å². The van der Waals surface area contributed by atoms with E-state index in [2.05, 4.69) is 0 Å². The zero-order valence-electron chi connectivity index (χ0n) is 5.53. The Balaban J connectivity index is 4.63. The Morgan fingerprint density at radius 2 is 1.90 bits per heavy atom. The van der Waals surface area contributed by atoms with E-state index in [1.54, 1.807) is 0 Å². The zero-order valence-corrected chi connectivity index (χ0v) is 5.53. The summed E-state index contributed by atoms with van der Waals surface area (Å²) < 4.78 is 0. The van der Waals surface area contributed by atoms with Crippen LogP contribution >= 0.6 is 0 Å². The van der Waals surface area contributed by atoms with Crippen LogP contribution in [0.25, 0.3) is 0 Å². The van der Waals surface area contributed by atoms with E-state index in [9.17, 15) is 14.4 Å². The molecule has 0 aliphatic heterocycles. The average molecular weight is 144 g/mol. The Hall–Kier alpha value is -1.19. The SMILES string of the molecule is CCC(C=O)(C=O)C(=O)O. The van der Waals surface area contributed by atoms with Gasteiger partial charge in [-0.1, -0.05) is 6.92 Å². The standard InChI is InChI=1S/C6H8O4/c1-2-6(3-7,4-8)5(9)10/h3-4H,2H2,1H3,(H,9,10). The van der Waals surface area contributed by atoms with E-state index in [1.807, 2.05) is 0 Å². The topological polar surface area (TPSA) is 71.4 Å². The van der Waals surface area contributed by atoms with Crippen LogP contribution in [0.5, 0.6) is 0 Å². The van der Waals surface area contributed by atoms with Crippen LogP contribution in [0.2, 0.25) is 0 Å². The highest BCUT2D eigenvalue weighted by Crippen LogP contribution is 2.14. The van der Waals surface area contributed by atoms with Gasteiger partial charge in [-0.15, -0.1) is 0 Å². The van der Waals surface area contributed by atoms with Crippen molar-refractivity contribution in [1.82, 2.24) is 0 Å². The summed E-state index contributed by atoms with van der Waals surface area (Å²) in [6.45, 7) is 1.47. The molecule has 0 aliphatic rings. The molecule has 0 bridgehead atoms. The van der Waals surface area contributed by atoms with E-state index < -0.39 is 11.4 Å². The molecule has 0 saturated carbocycles. The fraction of sp³-hybridized carbons (Fsp3) is 0.500. The van der Waals surface area contributed by atoms with Gasteiger partial charge < -0.3 is 14.7 Å². The maximum absolute atomic E-state index is 10.3. The van der Waals surface area contributed by atoms with Crippen molar-refractivity contribution in [1.29, 1.82) is 0 Å². The van der Waals surface area contributed by atoms with Crippen LogP contribution < -0.4 is 0 Å². The lowest BCUT2D eigenvalue weighted by Crippen LogP contribution is -2.33. The largest absolute Gasteiger partial charge is 0.480 e. The van der Waals surface area contributed by atoms with Gasteiger partial charge >= 0.3 is 5.97 Å². The first-order valence-electron chi connectivity index (χ1n) is 2.79. The molecule has 0 saturated heterocycles. The van der Waals surface area contributed by atoms with Crippen molar-refractivity contribution in [3.63, 3.8) is 0 Å². The van der Waals surface area contributed by atoms with Crippen LogP contribution in [0.4, 0.5) is 0 Å². The van der Waals surface area contributed by atoms with Gasteiger partial charge in [-0.3, -0.25) is 4.79 Å². The number of carbonyl (C=O) groups excluding carboxylic acids is 2. The Kier molecular flexibility index (Phi) is 2.73. The second-order valence-electron chi connectivity index (χ2n) is 1.93. The van der Waals surface area contributed by atoms with Crippen molar-refractivity contribution in [3.8, 4) is 0 Å². The fourth-order valence-electron chi connectivity index (χ4n) is 0.446. The summed E-state index contributed by atoms with van der Waals surface area (Å²) in [6, 6.07) is 0. The third kappa shape index (κ3) is 1.21. The average Bonchev–Trinajstić information content (AvgIpc) is 1.92. The highest BCUT2D eigenvalue weighted by atomic mass is 16.4. The summed E-state index contributed by atoms with van der Waals surface area (Å²) in [6.07, 6.45) is 0.306. The molecule has 4 nitrogen and oxygen atoms in total. The number of hydrogen-bond donors (Lipinski definition) is 1. The molecule has 0 amide bonds. The molecule has 4 heteroatoms. The van der Waals surface area contributed by atoms with Crippen molar-refractivity contribution in [2.75, 3.05) is 0 Å². The van der Waals surface area contributed by atoms with Crippen molar-refractivity contribution in [2.45, 2.75) is 13.3 Å². The molecule has 0 aromatic heterocycles. The van der Waals surface area contributed by atoms with E-state index in [4.69, 9.17) is 5.11 Å². The molecule has 0 heterocycles. The molecule has 0 rings (SSSR count). The van der Waals surface area contributed by atoms with Crippen LogP contribution in [-0.2, 0) is 14.4 Å². The molecule has 56 valence electrons. The summed E-state index contributed by atoms with van der Waals surface area (Å²) in [5.74, 6) is -1.39. The summed E-state index contributed by atoms with van der Waals surface area (Å²) in [5.41, 5.74) is -1.82. The molecular formula is C6H8O4. The molecule has 0 atom stereocenters. The Morgan fingerprint density at radius 1 is 1.50 bits per heavy atom. The maximum Gasteiger partial charge on any atom is 0.324 e. The first-order valence-corrected chi connectivity index (χ1v) is 2.79. The normalized spacial score (nSPS) is 10.5. The molecular weight excluding hydrogens is 136 g/mol. The van der Waals surface area contributed by atoms with Crippen molar-refractivity contribution in [3.05, 3.63) is 0 Å². The molecule has 0 radical (unpaired) electrons. The number of carbonyl (C=O) groups is 3. The monoisotopic (exact) mass is 144 g/mol. The van der Waals surface area contributed by atoms with Gasteiger partial charge in [0.1, 0.15) is 12.6 Å². The Morgan fingerprint density at radius 3 is 1.90 bits per heavy atom. The lowest BCUT2D eigenvalue weighted by Gasteiger charge is -2.11. The summed E-state index contributed by atoms with van der Waals surface area (Å²) in [5, 5.41) is 8.36. The number of carboxylic acid groups (broad SMARTS) is 1. The number of hydrogen-bond acceptors (Lipinski definition) is 3. The summed E-state index contributed by atoms with van der Waals surface area (Å²) in [4.78, 5) is 30.5. The first kappa shape index (κ1) is 8.81. The zero-order chi connectivity index (χ0) is 8.20. The van der Waals surface area contributed by atoms with E-state index in [-0.39, 0.29) is 19.0 Å². The maximum atomic E-state index is 10.3. The second-order valence-corrected chi connectivity index (χ2v) is 1.93. The third-order valence-corrected chi connectivity index (χ3v) is 1.40. The van der Waals surface area contributed by atoms with Gasteiger partial charge in [0.25, 0.3) is 0 Å². The summed E-state index contributed by atoms with van der Waals surface area (Å²) in [7, 11) is 0. The second kappa shape index (κ2) is 3.10. The quantitative estimate of drug-likeness (QED) is 0.440. The van der Waals surface area contributed by atoms with E-state index >= 15 is 0 Å². The van der Waals surface area contributed by atoms with Crippen molar-refractivity contribution < 1.29 is 19.5 Å². The fourth-order valence-corrected chi connectivity index (χ4v) is 0.446. The highest BCUT2D eigenvalue weighted by molar-refractivity contribution is 6.07. The number of aldehydes is 2. The van der Waals surface area contributed by atoms with Gasteiger partial charge in [-0.25, -0.2) is 0 Å². The number of rotatable bonds is 4.